The Morgan fingerprint density at radius 2 is 1.74 bits per heavy atom. The quantitative estimate of drug-likeness (QED) is 0.856. The molecule has 100 valence electrons. The molecule has 2 rings (SSSR count). The molecule has 0 saturated carbocycles. The summed E-state index contributed by atoms with van der Waals surface area (Å²) in [4.78, 5) is 9.04. The number of hydrogen-bond donors (Lipinski definition) is 1. The van der Waals surface area contributed by atoms with Crippen LogP contribution in [-0.2, 0) is 5.41 Å². The lowest BCUT2D eigenvalue weighted by molar-refractivity contribution is 0.546. The number of halogens is 1. The Kier molecular flexibility index (Phi) is 3.50. The van der Waals surface area contributed by atoms with Crippen LogP contribution in [-0.4, -0.2) is 9.97 Å². The van der Waals surface area contributed by atoms with Crippen molar-refractivity contribution in [3.05, 3.63) is 40.7 Å². The van der Waals surface area contributed by atoms with Crippen LogP contribution in [0.2, 0.25) is 5.02 Å². The lowest BCUT2D eigenvalue weighted by Gasteiger charge is -2.19. The molecule has 1 aromatic carbocycles. The van der Waals surface area contributed by atoms with Crippen molar-refractivity contribution >= 4 is 17.4 Å². The lowest BCUT2D eigenvalue weighted by Crippen LogP contribution is -2.18. The Balaban J connectivity index is 2.70. The molecule has 4 heteroatoms. The van der Waals surface area contributed by atoms with Crippen molar-refractivity contribution in [2.45, 2.75) is 33.1 Å². The highest BCUT2D eigenvalue weighted by atomic mass is 35.5. The van der Waals surface area contributed by atoms with Crippen molar-refractivity contribution in [3.8, 4) is 11.3 Å². The highest BCUT2D eigenvalue weighted by Gasteiger charge is 2.21. The summed E-state index contributed by atoms with van der Waals surface area (Å²) >= 11 is 6.25. The fourth-order valence-electron chi connectivity index (χ4n) is 1.78. The van der Waals surface area contributed by atoms with E-state index >= 15 is 0 Å². The second-order valence-electron chi connectivity index (χ2n) is 5.64. The van der Waals surface area contributed by atoms with Crippen LogP contribution in [0, 0.1) is 6.92 Å². The summed E-state index contributed by atoms with van der Waals surface area (Å²) in [5, 5.41) is 0.670. The SMILES string of the molecule is Cc1c(N)nc(C(C)(C)C)nc1-c1ccccc1Cl. The first-order valence-electron chi connectivity index (χ1n) is 6.20. The molecule has 1 heterocycles. The summed E-state index contributed by atoms with van der Waals surface area (Å²) in [6.07, 6.45) is 0. The Bertz CT molecular complexity index is 615. The topological polar surface area (TPSA) is 51.8 Å². The van der Waals surface area contributed by atoms with Gasteiger partial charge in [-0.2, -0.15) is 0 Å². The van der Waals surface area contributed by atoms with Crippen molar-refractivity contribution in [2.24, 2.45) is 0 Å². The smallest absolute Gasteiger partial charge is 0.136 e. The predicted octanol–water partition coefficient (Wildman–Crippen LogP) is 3.99. The fourth-order valence-corrected chi connectivity index (χ4v) is 2.01. The van der Waals surface area contributed by atoms with E-state index in [9.17, 15) is 0 Å². The van der Waals surface area contributed by atoms with E-state index in [0.29, 0.717) is 10.8 Å². The molecule has 0 spiro atoms. The summed E-state index contributed by atoms with van der Waals surface area (Å²) in [5.74, 6) is 1.24. The molecule has 0 unspecified atom stereocenters. The Hall–Kier alpha value is -1.61. The van der Waals surface area contributed by atoms with Crippen LogP contribution in [0.15, 0.2) is 24.3 Å². The van der Waals surface area contributed by atoms with Crippen LogP contribution in [0.1, 0.15) is 32.2 Å². The molecular formula is C15H18ClN3. The number of benzene rings is 1. The van der Waals surface area contributed by atoms with Gasteiger partial charge in [0.1, 0.15) is 11.6 Å². The van der Waals surface area contributed by atoms with Crippen molar-refractivity contribution in [1.29, 1.82) is 0 Å². The Morgan fingerprint density at radius 1 is 1.11 bits per heavy atom. The standard InChI is InChI=1S/C15H18ClN3/c1-9-12(10-7-5-6-8-11(10)16)18-14(15(2,3)4)19-13(9)17/h5-8H,1-4H3,(H2,17,18,19). The molecule has 1 aromatic heterocycles. The predicted molar refractivity (Wildman–Crippen MR) is 80.3 cm³/mol. The van der Waals surface area contributed by atoms with E-state index in [4.69, 9.17) is 17.3 Å². The molecule has 2 N–H and O–H groups in total. The van der Waals surface area contributed by atoms with Crippen molar-refractivity contribution in [2.75, 3.05) is 5.73 Å². The van der Waals surface area contributed by atoms with Crippen LogP contribution < -0.4 is 5.73 Å². The third kappa shape index (κ3) is 2.71. The van der Waals surface area contributed by atoms with Gasteiger partial charge in [0.2, 0.25) is 0 Å². The number of nitrogen functional groups attached to an aromatic ring is 1. The average Bonchev–Trinajstić information content (AvgIpc) is 2.32. The molecule has 0 saturated heterocycles. The van der Waals surface area contributed by atoms with Gasteiger partial charge < -0.3 is 5.73 Å². The highest BCUT2D eigenvalue weighted by Crippen LogP contribution is 2.32. The average molecular weight is 276 g/mol. The number of nitrogens with zero attached hydrogens (tertiary/aromatic N) is 2. The zero-order chi connectivity index (χ0) is 14.2. The first-order valence-corrected chi connectivity index (χ1v) is 6.58. The van der Waals surface area contributed by atoms with E-state index in [2.05, 4.69) is 30.7 Å². The number of anilines is 1. The molecule has 19 heavy (non-hydrogen) atoms. The van der Waals surface area contributed by atoms with Crippen LogP contribution in [0.4, 0.5) is 5.82 Å². The van der Waals surface area contributed by atoms with Gasteiger partial charge in [0.05, 0.1) is 5.69 Å². The highest BCUT2D eigenvalue weighted by molar-refractivity contribution is 6.33. The molecular weight excluding hydrogens is 258 g/mol. The zero-order valence-corrected chi connectivity index (χ0v) is 12.4. The van der Waals surface area contributed by atoms with Crippen LogP contribution >= 0.6 is 11.6 Å². The van der Waals surface area contributed by atoms with E-state index in [-0.39, 0.29) is 5.41 Å². The third-order valence-corrected chi connectivity index (χ3v) is 3.31. The maximum absolute atomic E-state index is 6.25. The second kappa shape index (κ2) is 4.82. The van der Waals surface area contributed by atoms with E-state index in [1.165, 1.54) is 0 Å². The van der Waals surface area contributed by atoms with Gasteiger partial charge in [0, 0.05) is 21.6 Å². The van der Waals surface area contributed by atoms with Gasteiger partial charge in [-0.05, 0) is 13.0 Å². The number of hydrogen-bond acceptors (Lipinski definition) is 3. The molecule has 0 fully saturated rings. The number of nitrogens with two attached hydrogens (primary N) is 1. The molecule has 0 atom stereocenters. The van der Waals surface area contributed by atoms with Crippen LogP contribution in [0.3, 0.4) is 0 Å². The Labute approximate surface area is 118 Å². The maximum atomic E-state index is 6.25. The van der Waals surface area contributed by atoms with Crippen molar-refractivity contribution < 1.29 is 0 Å². The first kappa shape index (κ1) is 13.8. The molecule has 2 aromatic rings. The van der Waals surface area contributed by atoms with Crippen LogP contribution in [0.25, 0.3) is 11.3 Å². The number of rotatable bonds is 1. The van der Waals surface area contributed by atoms with Crippen molar-refractivity contribution in [1.82, 2.24) is 9.97 Å². The van der Waals surface area contributed by atoms with Gasteiger partial charge in [-0.25, -0.2) is 9.97 Å². The summed E-state index contributed by atoms with van der Waals surface area (Å²) in [7, 11) is 0. The van der Waals surface area contributed by atoms with Gasteiger partial charge in [-0.3, -0.25) is 0 Å². The van der Waals surface area contributed by atoms with Gasteiger partial charge in [-0.1, -0.05) is 50.6 Å². The van der Waals surface area contributed by atoms with Gasteiger partial charge >= 0.3 is 0 Å². The van der Waals surface area contributed by atoms with Crippen molar-refractivity contribution in [3.63, 3.8) is 0 Å². The fraction of sp³-hybridized carbons (Fsp3) is 0.333. The third-order valence-electron chi connectivity index (χ3n) is 2.98. The van der Waals surface area contributed by atoms with E-state index in [1.54, 1.807) is 0 Å². The molecule has 0 aliphatic heterocycles. The minimum atomic E-state index is -0.155. The first-order chi connectivity index (χ1) is 8.80. The second-order valence-corrected chi connectivity index (χ2v) is 6.04. The molecule has 0 aliphatic carbocycles. The molecule has 3 nitrogen and oxygen atoms in total. The van der Waals surface area contributed by atoms with Gasteiger partial charge in [0.25, 0.3) is 0 Å². The summed E-state index contributed by atoms with van der Waals surface area (Å²) in [6, 6.07) is 7.64. The molecule has 0 bridgehead atoms. The minimum Gasteiger partial charge on any atom is -0.383 e. The normalized spacial score (nSPS) is 11.6. The van der Waals surface area contributed by atoms with Gasteiger partial charge in [0.15, 0.2) is 0 Å². The van der Waals surface area contributed by atoms with Crippen LogP contribution in [0.5, 0.6) is 0 Å². The monoisotopic (exact) mass is 275 g/mol. The van der Waals surface area contributed by atoms with E-state index < -0.39 is 0 Å². The largest absolute Gasteiger partial charge is 0.383 e. The summed E-state index contributed by atoms with van der Waals surface area (Å²) < 4.78 is 0. The number of aromatic nitrogens is 2. The lowest BCUT2D eigenvalue weighted by atomic mass is 9.95. The maximum Gasteiger partial charge on any atom is 0.136 e. The summed E-state index contributed by atoms with van der Waals surface area (Å²) in [5.41, 5.74) is 8.42. The van der Waals surface area contributed by atoms with E-state index in [1.807, 2.05) is 31.2 Å². The summed E-state index contributed by atoms with van der Waals surface area (Å²) in [6.45, 7) is 8.11. The Morgan fingerprint density at radius 3 is 2.32 bits per heavy atom. The minimum absolute atomic E-state index is 0.155. The molecule has 0 amide bonds. The molecule has 0 radical (unpaired) electrons. The van der Waals surface area contributed by atoms with Gasteiger partial charge in [-0.15, -0.1) is 0 Å². The van der Waals surface area contributed by atoms with E-state index in [0.717, 1.165) is 22.6 Å². The molecule has 0 aliphatic rings. The zero-order valence-electron chi connectivity index (χ0n) is 11.7.